The number of aliphatic hydroxyl groups is 3. The number of carboxylic acid groups (broad SMARTS) is 1. The van der Waals surface area contributed by atoms with E-state index >= 15 is 0 Å². The molecule has 0 unspecified atom stereocenters. The van der Waals surface area contributed by atoms with Gasteiger partial charge in [0, 0.05) is 18.8 Å². The van der Waals surface area contributed by atoms with Gasteiger partial charge < -0.3 is 20.4 Å². The summed E-state index contributed by atoms with van der Waals surface area (Å²) in [5, 5.41) is 37.3. The lowest BCUT2D eigenvalue weighted by molar-refractivity contribution is -0.137. The zero-order valence-electron chi connectivity index (χ0n) is 16.6. The van der Waals surface area contributed by atoms with Crippen molar-refractivity contribution in [3.63, 3.8) is 0 Å². The minimum Gasteiger partial charge on any atom is -0.481 e. The van der Waals surface area contributed by atoms with Crippen LogP contribution in [0.1, 0.15) is 72.1 Å². The van der Waals surface area contributed by atoms with Crippen molar-refractivity contribution in [1.29, 1.82) is 0 Å². The number of aliphatic hydroxyl groups excluding tert-OH is 3. The van der Waals surface area contributed by atoms with E-state index in [0.717, 1.165) is 38.5 Å². The second kappa shape index (κ2) is 14.9. The zero-order chi connectivity index (χ0) is 19.9. The largest absolute Gasteiger partial charge is 0.481 e. The second-order valence-electron chi connectivity index (χ2n) is 7.11. The van der Waals surface area contributed by atoms with Gasteiger partial charge in [0.05, 0.1) is 18.3 Å². The number of aliphatic carboxylic acids is 1. The van der Waals surface area contributed by atoms with Gasteiger partial charge in [-0.3, -0.25) is 4.79 Å². The van der Waals surface area contributed by atoms with Gasteiger partial charge in [-0.2, -0.15) is 0 Å². The smallest absolute Gasteiger partial charge is 0.303 e. The number of unbranched alkanes of at least 4 members (excludes halogenated alkanes) is 3. The lowest BCUT2D eigenvalue weighted by Crippen LogP contribution is -2.17. The van der Waals surface area contributed by atoms with Crippen molar-refractivity contribution >= 4 is 5.97 Å². The summed E-state index contributed by atoms with van der Waals surface area (Å²) in [5.41, 5.74) is 0. The van der Waals surface area contributed by atoms with Crippen LogP contribution in [-0.4, -0.2) is 44.7 Å². The molecule has 0 aromatic rings. The molecule has 152 valence electrons. The van der Waals surface area contributed by atoms with E-state index < -0.39 is 24.3 Å². The highest BCUT2D eigenvalue weighted by molar-refractivity contribution is 5.66. The van der Waals surface area contributed by atoms with Gasteiger partial charge in [-0.15, -0.1) is 0 Å². The van der Waals surface area contributed by atoms with Crippen LogP contribution in [0.4, 0.5) is 0 Å². The Morgan fingerprint density at radius 1 is 1.19 bits per heavy atom. The van der Waals surface area contributed by atoms with Gasteiger partial charge in [0.1, 0.15) is 0 Å². The van der Waals surface area contributed by atoms with Crippen LogP contribution in [-0.2, 0) is 4.79 Å². The Balaban J connectivity index is 0.000000590. The van der Waals surface area contributed by atoms with Gasteiger partial charge in [0.2, 0.25) is 0 Å². The van der Waals surface area contributed by atoms with Crippen LogP contribution in [0.25, 0.3) is 0 Å². The monoisotopic (exact) mass is 370 g/mol. The number of carboxylic acids is 1. The standard InChI is InChI=1S/C14H26O3.C7H12O2/c1-3-4-5-6-11(15)7-8-12-10(2)13(16)9-14(12)17;1-2-3-4-5-6-7(8)9/h7-8,10-17H,3-6,9H2,1-2H3;2-3H,4-6H2,1H3,(H,8,9)/b8-7+;3-2-/t10-,11+,12-,13+,14-;/m1./s1. The second-order valence-corrected chi connectivity index (χ2v) is 7.11. The molecule has 5 heteroatoms. The molecule has 1 rings (SSSR count). The summed E-state index contributed by atoms with van der Waals surface area (Å²) in [5.74, 6) is -0.658. The molecule has 0 aromatic heterocycles. The molecule has 0 radical (unpaired) electrons. The average Bonchev–Trinajstić information content (AvgIpc) is 2.83. The summed E-state index contributed by atoms with van der Waals surface area (Å²) in [6, 6.07) is 0. The SMILES string of the molecule is C/C=C\CCCC(=O)O.CCCCC[C@H](O)/C=C/[C@@H]1[C@@H](C)[C@@H](O)C[C@H]1O. The van der Waals surface area contributed by atoms with E-state index in [9.17, 15) is 20.1 Å². The van der Waals surface area contributed by atoms with Gasteiger partial charge in [0.15, 0.2) is 0 Å². The van der Waals surface area contributed by atoms with Crippen molar-refractivity contribution in [2.75, 3.05) is 0 Å². The van der Waals surface area contributed by atoms with Crippen molar-refractivity contribution in [3.05, 3.63) is 24.3 Å². The van der Waals surface area contributed by atoms with Crippen molar-refractivity contribution in [2.24, 2.45) is 11.8 Å². The number of hydrogen-bond acceptors (Lipinski definition) is 4. The molecule has 5 atom stereocenters. The summed E-state index contributed by atoms with van der Waals surface area (Å²) in [6.45, 7) is 6.01. The zero-order valence-corrected chi connectivity index (χ0v) is 16.6. The lowest BCUT2D eigenvalue weighted by atomic mass is 9.94. The fraction of sp³-hybridized carbons (Fsp3) is 0.762. The minimum atomic E-state index is -0.709. The first kappa shape index (κ1) is 24.8. The Labute approximate surface area is 158 Å². The van der Waals surface area contributed by atoms with Crippen LogP contribution in [0.2, 0.25) is 0 Å². The fourth-order valence-corrected chi connectivity index (χ4v) is 3.02. The van der Waals surface area contributed by atoms with E-state index in [0.29, 0.717) is 6.42 Å². The van der Waals surface area contributed by atoms with Gasteiger partial charge in [-0.25, -0.2) is 0 Å². The number of carbonyl (C=O) groups is 1. The molecule has 1 aliphatic rings. The van der Waals surface area contributed by atoms with Crippen LogP contribution in [0.15, 0.2) is 24.3 Å². The highest BCUT2D eigenvalue weighted by atomic mass is 16.4. The highest BCUT2D eigenvalue weighted by Crippen LogP contribution is 2.33. The Bertz CT molecular complexity index is 419. The first-order valence-corrected chi connectivity index (χ1v) is 9.88. The van der Waals surface area contributed by atoms with Gasteiger partial charge in [-0.1, -0.05) is 57.4 Å². The summed E-state index contributed by atoms with van der Waals surface area (Å²) < 4.78 is 0. The molecule has 0 amide bonds. The van der Waals surface area contributed by atoms with E-state index in [1.54, 1.807) is 6.08 Å². The molecule has 0 heterocycles. The van der Waals surface area contributed by atoms with Gasteiger partial charge >= 0.3 is 5.97 Å². The Kier molecular flexibility index (Phi) is 14.3. The maximum Gasteiger partial charge on any atom is 0.303 e. The highest BCUT2D eigenvalue weighted by Gasteiger charge is 2.37. The summed E-state index contributed by atoms with van der Waals surface area (Å²) >= 11 is 0. The van der Waals surface area contributed by atoms with Crippen molar-refractivity contribution < 1.29 is 25.2 Å². The maximum atomic E-state index is 9.94. The predicted octanol–water partition coefficient (Wildman–Crippen LogP) is 3.68. The molecule has 5 nitrogen and oxygen atoms in total. The quantitative estimate of drug-likeness (QED) is 0.347. The van der Waals surface area contributed by atoms with Crippen molar-refractivity contribution in [3.8, 4) is 0 Å². The summed E-state index contributed by atoms with van der Waals surface area (Å²) in [4.78, 5) is 9.94. The van der Waals surface area contributed by atoms with E-state index in [4.69, 9.17) is 5.11 Å². The molecule has 0 bridgehead atoms. The van der Waals surface area contributed by atoms with Crippen LogP contribution in [0, 0.1) is 11.8 Å². The third-order valence-electron chi connectivity index (χ3n) is 4.80. The third kappa shape index (κ3) is 11.4. The van der Waals surface area contributed by atoms with Crippen molar-refractivity contribution in [2.45, 2.75) is 90.4 Å². The summed E-state index contributed by atoms with van der Waals surface area (Å²) in [7, 11) is 0. The van der Waals surface area contributed by atoms with E-state index in [2.05, 4.69) is 6.92 Å². The molecule has 26 heavy (non-hydrogen) atoms. The topological polar surface area (TPSA) is 98.0 Å². The minimum absolute atomic E-state index is 0.0224. The molecule has 0 aromatic carbocycles. The third-order valence-corrected chi connectivity index (χ3v) is 4.80. The molecule has 0 saturated heterocycles. The van der Waals surface area contributed by atoms with Gasteiger partial charge in [0.25, 0.3) is 0 Å². The van der Waals surface area contributed by atoms with Crippen LogP contribution in [0.5, 0.6) is 0 Å². The Morgan fingerprint density at radius 3 is 2.38 bits per heavy atom. The fourth-order valence-electron chi connectivity index (χ4n) is 3.02. The Hall–Kier alpha value is -1.17. The van der Waals surface area contributed by atoms with E-state index in [1.165, 1.54) is 0 Å². The first-order chi connectivity index (χ1) is 12.3. The molecule has 0 spiro atoms. The van der Waals surface area contributed by atoms with Crippen LogP contribution < -0.4 is 0 Å². The van der Waals surface area contributed by atoms with Crippen molar-refractivity contribution in [1.82, 2.24) is 0 Å². The molecule has 4 N–H and O–H groups in total. The maximum absolute atomic E-state index is 9.94. The van der Waals surface area contributed by atoms with Crippen LogP contribution >= 0.6 is 0 Å². The van der Waals surface area contributed by atoms with E-state index in [1.807, 2.05) is 32.1 Å². The lowest BCUT2D eigenvalue weighted by Gasteiger charge is -2.16. The average molecular weight is 371 g/mol. The number of rotatable bonds is 10. The molecular weight excluding hydrogens is 332 g/mol. The van der Waals surface area contributed by atoms with Crippen LogP contribution in [0.3, 0.4) is 0 Å². The van der Waals surface area contributed by atoms with E-state index in [-0.39, 0.29) is 18.3 Å². The molecule has 1 aliphatic carbocycles. The molecule has 0 aliphatic heterocycles. The Morgan fingerprint density at radius 2 is 1.88 bits per heavy atom. The molecule has 1 fully saturated rings. The predicted molar refractivity (Wildman–Crippen MR) is 105 cm³/mol. The normalized spacial score (nSPS) is 26.8. The molecule has 1 saturated carbocycles. The summed E-state index contributed by atoms with van der Waals surface area (Å²) in [6.07, 6.45) is 12.7. The molecular formula is C21H38O5. The number of allylic oxidation sites excluding steroid dienone is 2. The van der Waals surface area contributed by atoms with Gasteiger partial charge in [-0.05, 0) is 32.1 Å². The number of hydrogen-bond donors (Lipinski definition) is 4. The first-order valence-electron chi connectivity index (χ1n) is 9.88.